The van der Waals surface area contributed by atoms with Crippen molar-refractivity contribution in [2.75, 3.05) is 28.6 Å². The number of nitrogens with zero attached hydrogens (tertiary/aromatic N) is 4. The van der Waals surface area contributed by atoms with E-state index in [0.29, 0.717) is 30.5 Å². The maximum absolute atomic E-state index is 11.6. The predicted molar refractivity (Wildman–Crippen MR) is 139 cm³/mol. The zero-order valence-electron chi connectivity index (χ0n) is 20.8. The van der Waals surface area contributed by atoms with Crippen molar-refractivity contribution in [3.05, 3.63) is 42.1 Å². The number of aryl methyl sites for hydroxylation is 1. The third kappa shape index (κ3) is 6.73. The number of aromatic amines is 1. The summed E-state index contributed by atoms with van der Waals surface area (Å²) in [6, 6.07) is 11.4. The maximum Gasteiger partial charge on any atom is 0.224 e. The van der Waals surface area contributed by atoms with Gasteiger partial charge in [0.15, 0.2) is 5.16 Å². The van der Waals surface area contributed by atoms with Gasteiger partial charge in [0.2, 0.25) is 5.91 Å². The minimum atomic E-state index is -0.719. The Morgan fingerprint density at radius 1 is 1.20 bits per heavy atom. The van der Waals surface area contributed by atoms with Gasteiger partial charge in [0.05, 0.1) is 5.69 Å². The summed E-state index contributed by atoms with van der Waals surface area (Å²) >= 11 is 1.44. The number of anilines is 4. The fourth-order valence-electron chi connectivity index (χ4n) is 4.19. The first-order valence-electron chi connectivity index (χ1n) is 11.7. The zero-order valence-corrected chi connectivity index (χ0v) is 21.7. The second kappa shape index (κ2) is 9.87. The van der Waals surface area contributed by atoms with Gasteiger partial charge in [-0.25, -0.2) is 9.97 Å². The van der Waals surface area contributed by atoms with E-state index in [0.717, 1.165) is 34.3 Å². The van der Waals surface area contributed by atoms with E-state index < -0.39 is 5.60 Å². The van der Waals surface area contributed by atoms with Crippen LogP contribution in [0.4, 0.5) is 23.1 Å². The van der Waals surface area contributed by atoms with Gasteiger partial charge in [-0.05, 0) is 54.8 Å². The quantitative estimate of drug-likeness (QED) is 0.331. The van der Waals surface area contributed by atoms with Crippen molar-refractivity contribution < 1.29 is 9.90 Å². The third-order valence-corrected chi connectivity index (χ3v) is 6.36. The lowest BCUT2D eigenvalue weighted by atomic mass is 9.78. The Kier molecular flexibility index (Phi) is 7.05. The second-order valence-electron chi connectivity index (χ2n) is 10.3. The highest BCUT2D eigenvalue weighted by atomic mass is 32.2. The summed E-state index contributed by atoms with van der Waals surface area (Å²) in [5.74, 6) is 2.12. The van der Waals surface area contributed by atoms with Crippen LogP contribution in [0, 0.1) is 12.3 Å². The Hall–Kier alpha value is -3.11. The molecule has 186 valence electrons. The molecule has 9 nitrogen and oxygen atoms in total. The van der Waals surface area contributed by atoms with Gasteiger partial charge in [0, 0.05) is 42.2 Å². The molecule has 35 heavy (non-hydrogen) atoms. The summed E-state index contributed by atoms with van der Waals surface area (Å²) in [4.78, 5) is 24.1. The molecule has 1 fully saturated rings. The van der Waals surface area contributed by atoms with E-state index in [9.17, 15) is 9.90 Å². The maximum atomic E-state index is 11.6. The molecule has 0 radical (unpaired) electrons. The predicted octanol–water partition coefficient (Wildman–Crippen LogP) is 4.74. The molecule has 1 aromatic carbocycles. The van der Waals surface area contributed by atoms with Crippen LogP contribution in [0.5, 0.6) is 0 Å². The molecule has 10 heteroatoms. The van der Waals surface area contributed by atoms with Gasteiger partial charge in [0.25, 0.3) is 0 Å². The lowest BCUT2D eigenvalue weighted by Crippen LogP contribution is -2.63. The summed E-state index contributed by atoms with van der Waals surface area (Å²) in [7, 11) is 0. The van der Waals surface area contributed by atoms with Crippen molar-refractivity contribution in [1.29, 1.82) is 0 Å². The Morgan fingerprint density at radius 2 is 1.91 bits per heavy atom. The van der Waals surface area contributed by atoms with Gasteiger partial charge in [-0.2, -0.15) is 5.10 Å². The molecular formula is C25H33N7O2S. The molecule has 1 amide bonds. The molecule has 0 bridgehead atoms. The van der Waals surface area contributed by atoms with Gasteiger partial charge in [-0.1, -0.05) is 27.7 Å². The van der Waals surface area contributed by atoms with E-state index in [1.165, 1.54) is 11.8 Å². The smallest absolute Gasteiger partial charge is 0.224 e. The van der Waals surface area contributed by atoms with Crippen LogP contribution in [-0.2, 0) is 4.79 Å². The number of β-amino-alcohol motifs (C(OH)–C–C–N with tert-alkyl or cyclic N) is 1. The largest absolute Gasteiger partial charge is 0.386 e. The van der Waals surface area contributed by atoms with E-state index >= 15 is 0 Å². The SMILES string of the molecule is CCC(=O)Nc1ccc(Sc2nc(Nc3cc(C)n[nH]3)cc(N3CC(O)(CC(C)(C)C)C3)n2)cc1. The van der Waals surface area contributed by atoms with Crippen LogP contribution in [0.1, 0.15) is 46.2 Å². The van der Waals surface area contributed by atoms with Crippen LogP contribution >= 0.6 is 11.8 Å². The topological polar surface area (TPSA) is 119 Å². The van der Waals surface area contributed by atoms with Crippen molar-refractivity contribution in [2.45, 2.75) is 63.1 Å². The number of aromatic nitrogens is 4. The number of aliphatic hydroxyl groups is 1. The van der Waals surface area contributed by atoms with Gasteiger partial charge >= 0.3 is 0 Å². The van der Waals surface area contributed by atoms with Gasteiger partial charge < -0.3 is 20.6 Å². The van der Waals surface area contributed by atoms with Crippen molar-refractivity contribution in [3.8, 4) is 0 Å². The highest BCUT2D eigenvalue weighted by Crippen LogP contribution is 2.37. The average molecular weight is 496 g/mol. The molecule has 0 spiro atoms. The lowest BCUT2D eigenvalue weighted by Gasteiger charge is -2.49. The second-order valence-corrected chi connectivity index (χ2v) is 11.3. The number of benzene rings is 1. The molecule has 3 heterocycles. The van der Waals surface area contributed by atoms with Gasteiger partial charge in [-0.15, -0.1) is 0 Å². The van der Waals surface area contributed by atoms with E-state index in [4.69, 9.17) is 4.98 Å². The molecule has 0 aliphatic carbocycles. The summed E-state index contributed by atoms with van der Waals surface area (Å²) in [5.41, 5.74) is 0.957. The van der Waals surface area contributed by atoms with Crippen LogP contribution in [0.3, 0.4) is 0 Å². The molecule has 2 aromatic heterocycles. The van der Waals surface area contributed by atoms with Crippen LogP contribution < -0.4 is 15.5 Å². The number of nitrogens with one attached hydrogen (secondary N) is 3. The van der Waals surface area contributed by atoms with Gasteiger partial charge in [0.1, 0.15) is 23.1 Å². The number of carbonyl (C=O) groups excluding carboxylic acids is 1. The Labute approximate surface area is 210 Å². The minimum Gasteiger partial charge on any atom is -0.386 e. The summed E-state index contributed by atoms with van der Waals surface area (Å²) in [5, 5.41) is 24.8. The molecule has 0 saturated carbocycles. The Balaban J connectivity index is 1.54. The molecule has 0 unspecified atom stereocenters. The fourth-order valence-corrected chi connectivity index (χ4v) is 4.96. The highest BCUT2D eigenvalue weighted by Gasteiger charge is 2.44. The van der Waals surface area contributed by atoms with Crippen molar-refractivity contribution in [2.24, 2.45) is 5.41 Å². The van der Waals surface area contributed by atoms with Crippen LogP contribution in [0.15, 0.2) is 46.5 Å². The number of carbonyl (C=O) groups is 1. The molecule has 1 aliphatic rings. The molecule has 4 rings (SSSR count). The first kappa shape index (κ1) is 25.0. The Morgan fingerprint density at radius 3 is 2.51 bits per heavy atom. The molecule has 3 aromatic rings. The molecule has 1 saturated heterocycles. The van der Waals surface area contributed by atoms with Crippen molar-refractivity contribution in [3.63, 3.8) is 0 Å². The Bertz CT molecular complexity index is 1180. The molecular weight excluding hydrogens is 462 g/mol. The fraction of sp³-hybridized carbons (Fsp3) is 0.440. The lowest BCUT2D eigenvalue weighted by molar-refractivity contribution is -0.115. The van der Waals surface area contributed by atoms with E-state index in [1.807, 2.05) is 50.2 Å². The standard InChI is InChI=1S/C25H33N7O2S/c1-6-22(33)26-17-7-9-18(10-8-17)35-23-28-19(27-20-11-16(2)30-31-20)12-21(29-23)32-14-25(34,15-32)13-24(3,4)5/h7-12,34H,6,13-15H2,1-5H3,(H,26,33)(H2,27,28,29,30,31). The number of hydrogen-bond acceptors (Lipinski definition) is 8. The minimum absolute atomic E-state index is 0.0211. The van der Waals surface area contributed by atoms with Crippen molar-refractivity contribution >= 4 is 40.8 Å². The summed E-state index contributed by atoms with van der Waals surface area (Å²) < 4.78 is 0. The number of amides is 1. The average Bonchev–Trinajstić information content (AvgIpc) is 3.16. The van der Waals surface area contributed by atoms with Crippen LogP contribution in [-0.4, -0.2) is 49.9 Å². The molecule has 4 N–H and O–H groups in total. The first-order chi connectivity index (χ1) is 16.5. The van der Waals surface area contributed by atoms with Gasteiger partial charge in [-0.3, -0.25) is 9.89 Å². The van der Waals surface area contributed by atoms with E-state index in [1.54, 1.807) is 0 Å². The monoisotopic (exact) mass is 495 g/mol. The van der Waals surface area contributed by atoms with E-state index in [-0.39, 0.29) is 11.3 Å². The number of H-pyrrole nitrogens is 1. The van der Waals surface area contributed by atoms with Crippen LogP contribution in [0.25, 0.3) is 0 Å². The number of hydrogen-bond donors (Lipinski definition) is 4. The number of rotatable bonds is 8. The highest BCUT2D eigenvalue weighted by molar-refractivity contribution is 7.99. The van der Waals surface area contributed by atoms with Crippen molar-refractivity contribution in [1.82, 2.24) is 20.2 Å². The van der Waals surface area contributed by atoms with E-state index in [2.05, 4.69) is 51.5 Å². The zero-order chi connectivity index (χ0) is 25.2. The van der Waals surface area contributed by atoms with Crippen LogP contribution in [0.2, 0.25) is 0 Å². The molecule has 1 aliphatic heterocycles. The summed E-state index contributed by atoms with van der Waals surface area (Å²) in [6.45, 7) is 11.2. The molecule has 0 atom stereocenters. The normalized spacial score (nSPS) is 15.0. The summed E-state index contributed by atoms with van der Waals surface area (Å²) in [6.07, 6.45) is 1.16. The third-order valence-electron chi connectivity index (χ3n) is 5.48. The first-order valence-corrected chi connectivity index (χ1v) is 12.6.